The third kappa shape index (κ3) is 2.92. The molecule has 0 bridgehead atoms. The molecule has 0 spiro atoms. The lowest BCUT2D eigenvalue weighted by atomic mass is 9.81. The second-order valence-electron chi connectivity index (χ2n) is 7.50. The highest BCUT2D eigenvalue weighted by Crippen LogP contribution is 2.42. The monoisotopic (exact) mass is 528 g/mol. The van der Waals surface area contributed by atoms with Gasteiger partial charge in [0, 0.05) is 61.0 Å². The van der Waals surface area contributed by atoms with Crippen LogP contribution in [0.3, 0.4) is 0 Å². The summed E-state index contributed by atoms with van der Waals surface area (Å²) in [6, 6.07) is 4.44. The largest absolute Gasteiger partial charge is 0.327 e. The van der Waals surface area contributed by atoms with E-state index in [1.807, 2.05) is 16.5 Å². The van der Waals surface area contributed by atoms with Crippen LogP contribution in [0.2, 0.25) is 0 Å². The van der Waals surface area contributed by atoms with Crippen molar-refractivity contribution in [1.29, 1.82) is 5.26 Å². The standard InChI is InChI=1S/C17H17IN6O2S2/c18-27-24-2-1-14-16-15(6-20-17(14)24)21-10-23(16)13-3-11(4-13)9-28(25,26)22-7-12(5-19)8-22/h1-2,6,10-13H,3-4,7-9H2/t11-,13+. The van der Waals surface area contributed by atoms with Gasteiger partial charge in [0.15, 0.2) is 5.65 Å². The predicted molar refractivity (Wildman–Crippen MR) is 116 cm³/mol. The fourth-order valence-corrected chi connectivity index (χ4v) is 7.30. The van der Waals surface area contributed by atoms with Gasteiger partial charge in [-0.15, -0.1) is 0 Å². The molecule has 11 heteroatoms. The van der Waals surface area contributed by atoms with E-state index in [9.17, 15) is 8.42 Å². The van der Waals surface area contributed by atoms with Crippen LogP contribution in [0.15, 0.2) is 24.8 Å². The highest BCUT2D eigenvalue weighted by atomic mass is 127. The lowest BCUT2D eigenvalue weighted by molar-refractivity contribution is 0.210. The summed E-state index contributed by atoms with van der Waals surface area (Å²) < 4.78 is 30.6. The van der Waals surface area contributed by atoms with Gasteiger partial charge >= 0.3 is 0 Å². The van der Waals surface area contributed by atoms with Crippen LogP contribution in [0.25, 0.3) is 22.1 Å². The van der Waals surface area contributed by atoms with Crippen LogP contribution >= 0.6 is 30.3 Å². The van der Waals surface area contributed by atoms with Gasteiger partial charge in [0.1, 0.15) is 5.52 Å². The number of fused-ring (bicyclic) bond motifs is 3. The Bertz CT molecular complexity index is 1200. The van der Waals surface area contributed by atoms with Crippen molar-refractivity contribution in [3.8, 4) is 6.07 Å². The zero-order chi connectivity index (χ0) is 19.5. The van der Waals surface area contributed by atoms with E-state index in [1.54, 1.807) is 15.3 Å². The molecule has 0 aromatic carbocycles. The Morgan fingerprint density at radius 3 is 2.82 bits per heavy atom. The van der Waals surface area contributed by atoms with E-state index in [2.05, 4.69) is 47.9 Å². The molecule has 28 heavy (non-hydrogen) atoms. The van der Waals surface area contributed by atoms with Gasteiger partial charge < -0.3 is 4.57 Å². The topological polar surface area (TPSA) is 96.8 Å². The van der Waals surface area contributed by atoms with Crippen molar-refractivity contribution in [3.05, 3.63) is 24.8 Å². The van der Waals surface area contributed by atoms with E-state index in [4.69, 9.17) is 5.26 Å². The van der Waals surface area contributed by atoms with Crippen molar-refractivity contribution in [2.45, 2.75) is 18.9 Å². The van der Waals surface area contributed by atoms with Crippen molar-refractivity contribution in [3.63, 3.8) is 0 Å². The first-order valence-corrected chi connectivity index (χ1v) is 13.9. The number of nitrogens with zero attached hydrogens (tertiary/aromatic N) is 6. The van der Waals surface area contributed by atoms with Gasteiger partial charge in [0.2, 0.25) is 10.0 Å². The Morgan fingerprint density at radius 1 is 1.32 bits per heavy atom. The molecule has 1 aliphatic carbocycles. The normalized spacial score (nSPS) is 23.6. The molecule has 2 aliphatic rings. The second-order valence-corrected chi connectivity index (χ2v) is 11.2. The molecule has 0 unspecified atom stereocenters. The van der Waals surface area contributed by atoms with Crippen LogP contribution < -0.4 is 0 Å². The van der Waals surface area contributed by atoms with Crippen LogP contribution in [0.5, 0.6) is 0 Å². The molecule has 3 aromatic rings. The number of rotatable bonds is 5. The van der Waals surface area contributed by atoms with Crippen molar-refractivity contribution in [2.24, 2.45) is 11.8 Å². The third-order valence-electron chi connectivity index (χ3n) is 5.76. The number of nitriles is 1. The molecule has 1 saturated carbocycles. The molecule has 1 saturated heterocycles. The van der Waals surface area contributed by atoms with Gasteiger partial charge in [-0.2, -0.15) is 9.57 Å². The summed E-state index contributed by atoms with van der Waals surface area (Å²) in [7, 11) is -1.68. The number of sulfonamides is 1. The van der Waals surface area contributed by atoms with Crippen LogP contribution in [-0.2, 0) is 10.0 Å². The zero-order valence-electron chi connectivity index (χ0n) is 14.8. The van der Waals surface area contributed by atoms with Crippen LogP contribution in [0.1, 0.15) is 18.9 Å². The van der Waals surface area contributed by atoms with E-state index in [0.29, 0.717) is 13.1 Å². The average Bonchev–Trinajstić information content (AvgIpc) is 3.19. The van der Waals surface area contributed by atoms with E-state index >= 15 is 0 Å². The van der Waals surface area contributed by atoms with Gasteiger partial charge in [0.05, 0.1) is 35.8 Å². The molecule has 0 amide bonds. The van der Waals surface area contributed by atoms with E-state index in [0.717, 1.165) is 34.9 Å². The molecule has 4 heterocycles. The number of hydrogen-bond acceptors (Lipinski definition) is 6. The molecule has 5 rings (SSSR count). The van der Waals surface area contributed by atoms with Crippen LogP contribution in [0, 0.1) is 23.2 Å². The van der Waals surface area contributed by atoms with Gasteiger partial charge in [-0.1, -0.05) is 0 Å². The lowest BCUT2D eigenvalue weighted by Crippen LogP contribution is -2.51. The highest BCUT2D eigenvalue weighted by Gasteiger charge is 2.40. The summed E-state index contributed by atoms with van der Waals surface area (Å²) in [6.07, 6.45) is 7.30. The van der Waals surface area contributed by atoms with Gasteiger partial charge in [-0.05, 0) is 24.8 Å². The summed E-state index contributed by atoms with van der Waals surface area (Å²) in [5.41, 5.74) is 2.85. The fraction of sp³-hybridized carbons (Fsp3) is 0.471. The van der Waals surface area contributed by atoms with E-state index in [-0.39, 0.29) is 23.6 Å². The summed E-state index contributed by atoms with van der Waals surface area (Å²) in [5.74, 6) is 0.179. The number of halogens is 1. The lowest BCUT2D eigenvalue weighted by Gasteiger charge is -2.40. The first-order valence-electron chi connectivity index (χ1n) is 8.99. The average molecular weight is 528 g/mol. The minimum absolute atomic E-state index is 0.148. The first-order chi connectivity index (χ1) is 13.5. The maximum absolute atomic E-state index is 12.5. The molecule has 0 N–H and O–H groups in total. The maximum Gasteiger partial charge on any atom is 0.214 e. The Kier molecular flexibility index (Phi) is 4.57. The fourth-order valence-electron chi connectivity index (χ4n) is 4.13. The smallest absolute Gasteiger partial charge is 0.214 e. The molecule has 3 aromatic heterocycles. The molecular formula is C17H17IN6O2S2. The van der Waals surface area contributed by atoms with E-state index in [1.165, 1.54) is 4.31 Å². The summed E-state index contributed by atoms with van der Waals surface area (Å²) >= 11 is 2.23. The van der Waals surface area contributed by atoms with Crippen molar-refractivity contribution < 1.29 is 8.42 Å². The number of hydrogen-bond donors (Lipinski definition) is 0. The van der Waals surface area contributed by atoms with Gasteiger partial charge in [-0.3, -0.25) is 3.97 Å². The van der Waals surface area contributed by atoms with E-state index < -0.39 is 10.0 Å². The minimum atomic E-state index is -3.26. The van der Waals surface area contributed by atoms with Crippen LogP contribution in [0.4, 0.5) is 0 Å². The quantitative estimate of drug-likeness (QED) is 0.473. The molecule has 8 nitrogen and oxygen atoms in total. The molecule has 1 aliphatic heterocycles. The van der Waals surface area contributed by atoms with Gasteiger partial charge in [-0.25, -0.2) is 18.4 Å². The Balaban J connectivity index is 1.33. The first kappa shape index (κ1) is 18.7. The molecule has 0 radical (unpaired) electrons. The van der Waals surface area contributed by atoms with Crippen molar-refractivity contribution >= 4 is 62.4 Å². The summed E-state index contributed by atoms with van der Waals surface area (Å²) in [5, 5.41) is 9.91. The number of pyridine rings is 1. The Morgan fingerprint density at radius 2 is 2.11 bits per heavy atom. The Hall–Kier alpha value is -1.36. The summed E-state index contributed by atoms with van der Waals surface area (Å²) in [6.45, 7) is 0.690. The molecular weight excluding hydrogens is 511 g/mol. The van der Waals surface area contributed by atoms with Crippen molar-refractivity contribution in [2.75, 3.05) is 18.8 Å². The Labute approximate surface area is 178 Å². The highest BCUT2D eigenvalue weighted by molar-refractivity contribution is 14.2. The second kappa shape index (κ2) is 6.86. The van der Waals surface area contributed by atoms with Gasteiger partial charge in [0.25, 0.3) is 0 Å². The zero-order valence-corrected chi connectivity index (χ0v) is 18.6. The molecule has 2 fully saturated rings. The minimum Gasteiger partial charge on any atom is -0.327 e. The number of aromatic nitrogens is 4. The third-order valence-corrected chi connectivity index (χ3v) is 9.46. The molecule has 0 atom stereocenters. The SMILES string of the molecule is N#CC1CN(S(=O)(=O)C[C@H]2C[C@@H](n3cnc4cnc5c(ccn5SI)c43)C2)C1. The maximum atomic E-state index is 12.5. The molecule has 146 valence electrons. The predicted octanol–water partition coefficient (Wildman–Crippen LogP) is 2.97. The summed E-state index contributed by atoms with van der Waals surface area (Å²) in [4.78, 5) is 9.02. The number of imidazole rings is 1. The van der Waals surface area contributed by atoms with Crippen LogP contribution in [-0.4, -0.2) is 50.1 Å². The van der Waals surface area contributed by atoms with Crippen molar-refractivity contribution in [1.82, 2.24) is 22.8 Å².